The highest BCUT2D eigenvalue weighted by Crippen LogP contribution is 2.41. The number of benzene rings is 1. The summed E-state index contributed by atoms with van der Waals surface area (Å²) in [7, 11) is 0. The third-order valence-corrected chi connectivity index (χ3v) is 7.02. The second-order valence-electron chi connectivity index (χ2n) is 8.06. The number of carbonyl (C=O) groups excluding carboxylic acids is 2. The van der Waals surface area contributed by atoms with E-state index >= 15 is 0 Å². The fraction of sp³-hybridized carbons (Fsp3) is 0.455. The van der Waals surface area contributed by atoms with Crippen LogP contribution in [0.1, 0.15) is 47.0 Å². The smallest absolute Gasteiger partial charge is 0.223 e. The van der Waals surface area contributed by atoms with Gasteiger partial charge in [-0.3, -0.25) is 14.5 Å². The second-order valence-corrected chi connectivity index (χ2v) is 8.97. The monoisotopic (exact) mass is 382 g/mol. The lowest BCUT2D eigenvalue weighted by Gasteiger charge is -2.38. The Bertz CT molecular complexity index is 822. The molecule has 4 rings (SSSR count). The normalized spacial score (nSPS) is 19.7. The maximum atomic E-state index is 12.6. The highest BCUT2D eigenvalue weighted by molar-refractivity contribution is 7.12. The van der Waals surface area contributed by atoms with Gasteiger partial charge in [-0.15, -0.1) is 11.3 Å². The van der Waals surface area contributed by atoms with Crippen molar-refractivity contribution < 1.29 is 9.59 Å². The van der Waals surface area contributed by atoms with E-state index in [0.717, 1.165) is 50.4 Å². The number of likely N-dealkylation sites (tertiary alicyclic amines) is 2. The summed E-state index contributed by atoms with van der Waals surface area (Å²) < 4.78 is 0. The largest absolute Gasteiger partial charge is 0.338 e. The van der Waals surface area contributed by atoms with Crippen LogP contribution in [-0.2, 0) is 17.9 Å². The SMILES string of the molecule is CC(=O)c1cc(CN2CCC3(CC2)CC(=O)N(Cc2ccccc2)C3)cs1. The minimum atomic E-state index is 0.145. The van der Waals surface area contributed by atoms with Crippen molar-refractivity contribution in [3.63, 3.8) is 0 Å². The van der Waals surface area contributed by atoms with Gasteiger partial charge in [0, 0.05) is 26.1 Å². The molecule has 0 N–H and O–H groups in total. The number of nitrogens with zero attached hydrogens (tertiary/aromatic N) is 2. The molecular weight excluding hydrogens is 356 g/mol. The van der Waals surface area contributed by atoms with Crippen molar-refractivity contribution in [3.05, 3.63) is 57.8 Å². The Labute approximate surface area is 164 Å². The van der Waals surface area contributed by atoms with Gasteiger partial charge >= 0.3 is 0 Å². The quantitative estimate of drug-likeness (QED) is 0.735. The average Bonchev–Trinajstić information content (AvgIpc) is 3.24. The van der Waals surface area contributed by atoms with Crippen LogP contribution in [0.15, 0.2) is 41.8 Å². The predicted octanol–water partition coefficient (Wildman–Crippen LogP) is 3.97. The van der Waals surface area contributed by atoms with E-state index in [4.69, 9.17) is 0 Å². The first-order valence-corrected chi connectivity index (χ1v) is 10.5. The number of carbonyl (C=O) groups is 2. The van der Waals surface area contributed by atoms with E-state index in [-0.39, 0.29) is 11.2 Å². The number of piperidine rings is 1. The summed E-state index contributed by atoms with van der Waals surface area (Å²) in [5.74, 6) is 0.447. The lowest BCUT2D eigenvalue weighted by Crippen LogP contribution is -2.41. The van der Waals surface area contributed by atoms with E-state index < -0.39 is 0 Å². The fourth-order valence-electron chi connectivity index (χ4n) is 4.35. The molecule has 1 spiro atoms. The van der Waals surface area contributed by atoms with Gasteiger partial charge in [-0.05, 0) is 60.8 Å². The summed E-state index contributed by atoms with van der Waals surface area (Å²) in [6, 6.07) is 12.3. The van der Waals surface area contributed by atoms with Crippen LogP contribution in [0.3, 0.4) is 0 Å². The Hall–Kier alpha value is -1.98. The molecule has 1 aromatic heterocycles. The number of hydrogen-bond donors (Lipinski definition) is 0. The van der Waals surface area contributed by atoms with Gasteiger partial charge in [0.1, 0.15) is 0 Å². The minimum Gasteiger partial charge on any atom is -0.338 e. The first-order chi connectivity index (χ1) is 13.0. The maximum Gasteiger partial charge on any atom is 0.223 e. The van der Waals surface area contributed by atoms with Gasteiger partial charge in [0.2, 0.25) is 5.91 Å². The molecule has 4 nitrogen and oxygen atoms in total. The minimum absolute atomic E-state index is 0.145. The van der Waals surface area contributed by atoms with Crippen LogP contribution in [0.4, 0.5) is 0 Å². The number of ketones is 1. The van der Waals surface area contributed by atoms with Gasteiger partial charge in [-0.25, -0.2) is 0 Å². The Morgan fingerprint density at radius 2 is 1.85 bits per heavy atom. The topological polar surface area (TPSA) is 40.6 Å². The summed E-state index contributed by atoms with van der Waals surface area (Å²) >= 11 is 1.54. The van der Waals surface area contributed by atoms with Gasteiger partial charge in [0.25, 0.3) is 0 Å². The Morgan fingerprint density at radius 1 is 1.11 bits per heavy atom. The molecule has 27 heavy (non-hydrogen) atoms. The van der Waals surface area contributed by atoms with E-state index in [1.54, 1.807) is 6.92 Å². The van der Waals surface area contributed by atoms with E-state index in [2.05, 4.69) is 22.4 Å². The van der Waals surface area contributed by atoms with Crippen molar-refractivity contribution in [2.45, 2.75) is 39.3 Å². The molecule has 142 valence electrons. The Kier molecular flexibility index (Phi) is 5.15. The molecular formula is C22H26N2O2S. The van der Waals surface area contributed by atoms with Crippen LogP contribution < -0.4 is 0 Å². The molecule has 0 unspecified atom stereocenters. The van der Waals surface area contributed by atoms with Crippen molar-refractivity contribution in [1.29, 1.82) is 0 Å². The fourth-order valence-corrected chi connectivity index (χ4v) is 5.16. The Balaban J connectivity index is 1.33. The van der Waals surface area contributed by atoms with Gasteiger partial charge in [-0.2, -0.15) is 0 Å². The molecule has 0 aliphatic carbocycles. The molecule has 0 saturated carbocycles. The lowest BCUT2D eigenvalue weighted by atomic mass is 9.77. The summed E-state index contributed by atoms with van der Waals surface area (Å²) in [6.07, 6.45) is 2.85. The molecule has 0 atom stereocenters. The molecule has 2 aliphatic heterocycles. The van der Waals surface area contributed by atoms with Crippen LogP contribution in [0, 0.1) is 5.41 Å². The van der Waals surface area contributed by atoms with Crippen LogP contribution in [0.2, 0.25) is 0 Å². The molecule has 1 amide bonds. The van der Waals surface area contributed by atoms with Crippen molar-refractivity contribution in [2.75, 3.05) is 19.6 Å². The lowest BCUT2D eigenvalue weighted by molar-refractivity contribution is -0.128. The van der Waals surface area contributed by atoms with E-state index in [1.807, 2.05) is 29.2 Å². The molecule has 0 bridgehead atoms. The zero-order valence-electron chi connectivity index (χ0n) is 15.8. The summed E-state index contributed by atoms with van der Waals surface area (Å²) in [6.45, 7) is 6.20. The number of amides is 1. The third kappa shape index (κ3) is 4.14. The summed E-state index contributed by atoms with van der Waals surface area (Å²) in [5.41, 5.74) is 2.59. The maximum absolute atomic E-state index is 12.6. The van der Waals surface area contributed by atoms with Gasteiger partial charge in [0.15, 0.2) is 5.78 Å². The standard InChI is InChI=1S/C22H26N2O2S/c1-17(25)20-11-19(15-27-20)13-23-9-7-22(8-10-23)12-21(26)24(16-22)14-18-5-3-2-4-6-18/h2-6,11,15H,7-10,12-14,16H2,1H3. The average molecular weight is 383 g/mol. The number of hydrogen-bond acceptors (Lipinski definition) is 4. The van der Waals surface area contributed by atoms with Crippen molar-refractivity contribution in [2.24, 2.45) is 5.41 Å². The second kappa shape index (κ2) is 7.56. The van der Waals surface area contributed by atoms with Crippen LogP contribution in [0.5, 0.6) is 0 Å². The number of thiophene rings is 1. The molecule has 0 radical (unpaired) electrons. The molecule has 2 aliphatic rings. The first-order valence-electron chi connectivity index (χ1n) is 9.65. The predicted molar refractivity (Wildman–Crippen MR) is 108 cm³/mol. The van der Waals surface area contributed by atoms with Gasteiger partial charge in [-0.1, -0.05) is 30.3 Å². The van der Waals surface area contributed by atoms with Crippen molar-refractivity contribution in [1.82, 2.24) is 9.80 Å². The van der Waals surface area contributed by atoms with Crippen LogP contribution >= 0.6 is 11.3 Å². The summed E-state index contributed by atoms with van der Waals surface area (Å²) in [5, 5.41) is 2.10. The van der Waals surface area contributed by atoms with Crippen LogP contribution in [-0.4, -0.2) is 41.1 Å². The molecule has 2 aromatic rings. The molecule has 3 heterocycles. The van der Waals surface area contributed by atoms with Crippen molar-refractivity contribution >= 4 is 23.0 Å². The zero-order valence-corrected chi connectivity index (χ0v) is 16.6. The van der Waals surface area contributed by atoms with Crippen LogP contribution in [0.25, 0.3) is 0 Å². The van der Waals surface area contributed by atoms with E-state index in [9.17, 15) is 9.59 Å². The van der Waals surface area contributed by atoms with Gasteiger partial charge in [0.05, 0.1) is 4.88 Å². The van der Waals surface area contributed by atoms with E-state index in [1.165, 1.54) is 22.5 Å². The summed E-state index contributed by atoms with van der Waals surface area (Å²) in [4.78, 5) is 29.4. The molecule has 2 fully saturated rings. The third-order valence-electron chi connectivity index (χ3n) is 5.95. The zero-order chi connectivity index (χ0) is 18.9. The van der Waals surface area contributed by atoms with Crippen molar-refractivity contribution in [3.8, 4) is 0 Å². The number of Topliss-reactive ketones (excluding diaryl/α,β-unsaturated/α-hetero) is 1. The molecule has 1 aromatic carbocycles. The molecule has 5 heteroatoms. The highest BCUT2D eigenvalue weighted by atomic mass is 32.1. The first kappa shape index (κ1) is 18.4. The Morgan fingerprint density at radius 3 is 2.52 bits per heavy atom. The van der Waals surface area contributed by atoms with E-state index in [0.29, 0.717) is 12.3 Å². The highest BCUT2D eigenvalue weighted by Gasteiger charge is 2.44. The number of rotatable bonds is 5. The van der Waals surface area contributed by atoms with Gasteiger partial charge < -0.3 is 4.90 Å². The molecule has 2 saturated heterocycles.